The van der Waals surface area contributed by atoms with Gasteiger partial charge in [0.15, 0.2) is 17.1 Å². The van der Waals surface area contributed by atoms with Crippen LogP contribution in [0.1, 0.15) is 50.0 Å². The third kappa shape index (κ3) is 3.43. The zero-order valence-corrected chi connectivity index (χ0v) is 20.1. The van der Waals surface area contributed by atoms with Gasteiger partial charge in [0, 0.05) is 29.9 Å². The summed E-state index contributed by atoms with van der Waals surface area (Å²) in [5.74, 6) is 1.02. The monoisotopic (exact) mass is 465 g/mol. The van der Waals surface area contributed by atoms with E-state index in [9.17, 15) is 9.59 Å². The largest absolute Gasteiger partial charge is 0.493 e. The van der Waals surface area contributed by atoms with E-state index in [2.05, 4.69) is 12.2 Å². The molecule has 1 aliphatic heterocycles. The van der Waals surface area contributed by atoms with Gasteiger partial charge in [-0.25, -0.2) is 0 Å². The Morgan fingerprint density at radius 2 is 1.88 bits per heavy atom. The summed E-state index contributed by atoms with van der Waals surface area (Å²) in [6.45, 7) is 4.32. The topological polar surface area (TPSA) is 85.9 Å². The normalized spacial score (nSPS) is 24.7. The number of hydrogen-bond donors (Lipinski definition) is 1. The molecule has 0 radical (unpaired) electrons. The number of ether oxygens (including phenoxy) is 2. The first kappa shape index (κ1) is 22.4. The molecule has 2 aromatic heterocycles. The van der Waals surface area contributed by atoms with Crippen molar-refractivity contribution >= 4 is 28.6 Å². The molecule has 8 heteroatoms. The van der Waals surface area contributed by atoms with Crippen LogP contribution >= 0.6 is 0 Å². The van der Waals surface area contributed by atoms with Gasteiger partial charge in [-0.15, -0.1) is 0 Å². The van der Waals surface area contributed by atoms with Crippen LogP contribution in [0.5, 0.6) is 11.5 Å². The number of anilines is 1. The Bertz CT molecular complexity index is 1240. The number of rotatable bonds is 5. The third-order valence-corrected chi connectivity index (χ3v) is 7.45. The van der Waals surface area contributed by atoms with Gasteiger partial charge in [-0.2, -0.15) is 0 Å². The highest BCUT2D eigenvalue weighted by molar-refractivity contribution is 6.13. The molecule has 180 valence electrons. The predicted molar refractivity (Wildman–Crippen MR) is 129 cm³/mol. The van der Waals surface area contributed by atoms with Gasteiger partial charge in [0.1, 0.15) is 11.2 Å². The number of carbonyl (C=O) groups is 2. The van der Waals surface area contributed by atoms with E-state index in [1.165, 1.54) is 6.42 Å². The Hall–Kier alpha value is -3.42. The van der Waals surface area contributed by atoms with Crippen LogP contribution in [0.25, 0.3) is 11.1 Å². The second-order valence-corrected chi connectivity index (χ2v) is 9.58. The first-order chi connectivity index (χ1) is 16.4. The summed E-state index contributed by atoms with van der Waals surface area (Å²) in [6.07, 6.45) is 5.93. The standard InChI is InChI=1S/C26H31N3O5/c1-16-7-5-6-8-18(16)27-25(31)26(2)15-28-19-11-12-34-22(19)14-20(28)24(30)29(26)17-9-10-21(32-3)23(13-17)33-4/h9-14,16,18H,5-8,15H2,1-4H3,(H,27,31)/t16-,18-,26-/m1/s1. The van der Waals surface area contributed by atoms with Crippen LogP contribution in [0, 0.1) is 5.92 Å². The van der Waals surface area contributed by atoms with Crippen molar-refractivity contribution in [3.05, 3.63) is 42.3 Å². The molecule has 3 aromatic rings. The molecule has 3 heterocycles. The average Bonchev–Trinajstić information content (AvgIpc) is 3.43. The minimum Gasteiger partial charge on any atom is -0.493 e. The molecule has 34 heavy (non-hydrogen) atoms. The van der Waals surface area contributed by atoms with Gasteiger partial charge in [-0.1, -0.05) is 19.8 Å². The maximum atomic E-state index is 13.9. The van der Waals surface area contributed by atoms with E-state index in [0.29, 0.717) is 40.9 Å². The molecule has 1 N–H and O–H groups in total. The van der Waals surface area contributed by atoms with Gasteiger partial charge in [0.05, 0.1) is 32.5 Å². The maximum absolute atomic E-state index is 13.9. The van der Waals surface area contributed by atoms with Crippen LogP contribution in [-0.2, 0) is 11.3 Å². The Morgan fingerprint density at radius 1 is 1.12 bits per heavy atom. The molecule has 1 aromatic carbocycles. The van der Waals surface area contributed by atoms with Crippen LogP contribution in [0.3, 0.4) is 0 Å². The van der Waals surface area contributed by atoms with Gasteiger partial charge < -0.3 is 23.8 Å². The van der Waals surface area contributed by atoms with E-state index in [1.54, 1.807) is 49.6 Å². The number of benzene rings is 1. The predicted octanol–water partition coefficient (Wildman–Crippen LogP) is 4.37. The second-order valence-electron chi connectivity index (χ2n) is 9.58. The van der Waals surface area contributed by atoms with Crippen molar-refractivity contribution < 1.29 is 23.5 Å². The number of carbonyl (C=O) groups excluding carboxylic acids is 2. The number of nitrogens with one attached hydrogen (secondary N) is 1. The SMILES string of the molecule is COc1ccc(N2C(=O)c3cc4occc4n3C[C@]2(C)C(=O)N[C@@H]2CCCC[C@H]2C)cc1OC. The molecule has 2 aliphatic rings. The molecule has 0 saturated heterocycles. The van der Waals surface area contributed by atoms with Crippen LogP contribution in [0.15, 0.2) is 41.0 Å². The van der Waals surface area contributed by atoms with Crippen molar-refractivity contribution in [1.82, 2.24) is 9.88 Å². The van der Waals surface area contributed by atoms with Gasteiger partial charge in [0.25, 0.3) is 5.91 Å². The fourth-order valence-corrected chi connectivity index (χ4v) is 5.44. The van der Waals surface area contributed by atoms with Crippen molar-refractivity contribution in [1.29, 1.82) is 0 Å². The molecule has 1 aliphatic carbocycles. The lowest BCUT2D eigenvalue weighted by molar-refractivity contribution is -0.127. The van der Waals surface area contributed by atoms with E-state index in [4.69, 9.17) is 13.9 Å². The zero-order chi connectivity index (χ0) is 24.0. The molecule has 2 amide bonds. The first-order valence-electron chi connectivity index (χ1n) is 11.8. The molecule has 3 atom stereocenters. The summed E-state index contributed by atoms with van der Waals surface area (Å²) in [5, 5.41) is 3.29. The summed E-state index contributed by atoms with van der Waals surface area (Å²) in [7, 11) is 3.11. The Balaban J connectivity index is 1.61. The van der Waals surface area contributed by atoms with E-state index >= 15 is 0 Å². The number of furan rings is 1. The summed E-state index contributed by atoms with van der Waals surface area (Å²) in [5.41, 5.74) is 1.33. The van der Waals surface area contributed by atoms with E-state index in [-0.39, 0.29) is 17.9 Å². The third-order valence-electron chi connectivity index (χ3n) is 7.45. The Labute approximate surface area is 198 Å². The van der Waals surface area contributed by atoms with Crippen molar-refractivity contribution in [2.45, 2.75) is 57.7 Å². The van der Waals surface area contributed by atoms with Crippen molar-refractivity contribution in [2.24, 2.45) is 5.92 Å². The minimum absolute atomic E-state index is 0.0976. The highest BCUT2D eigenvalue weighted by Gasteiger charge is 2.49. The van der Waals surface area contributed by atoms with E-state index < -0.39 is 5.54 Å². The summed E-state index contributed by atoms with van der Waals surface area (Å²) in [4.78, 5) is 29.5. The highest BCUT2D eigenvalue weighted by atomic mass is 16.5. The molecule has 0 unspecified atom stereocenters. The zero-order valence-electron chi connectivity index (χ0n) is 20.1. The molecule has 0 bridgehead atoms. The summed E-state index contributed by atoms with van der Waals surface area (Å²) < 4.78 is 18.3. The lowest BCUT2D eigenvalue weighted by Crippen LogP contribution is -2.65. The smallest absolute Gasteiger partial charge is 0.276 e. The van der Waals surface area contributed by atoms with Crippen LogP contribution in [0.2, 0.25) is 0 Å². The number of aromatic nitrogens is 1. The maximum Gasteiger partial charge on any atom is 0.276 e. The second kappa shape index (κ2) is 8.42. The number of fused-ring (bicyclic) bond motifs is 3. The average molecular weight is 466 g/mol. The fourth-order valence-electron chi connectivity index (χ4n) is 5.44. The van der Waals surface area contributed by atoms with Crippen LogP contribution in [-0.4, -0.2) is 42.2 Å². The molecule has 8 nitrogen and oxygen atoms in total. The Morgan fingerprint density at radius 3 is 2.62 bits per heavy atom. The number of hydrogen-bond acceptors (Lipinski definition) is 5. The molecule has 5 rings (SSSR count). The van der Waals surface area contributed by atoms with Gasteiger partial charge in [-0.3, -0.25) is 14.5 Å². The lowest BCUT2D eigenvalue weighted by Gasteiger charge is -2.45. The van der Waals surface area contributed by atoms with Gasteiger partial charge >= 0.3 is 0 Å². The van der Waals surface area contributed by atoms with Crippen LogP contribution in [0.4, 0.5) is 5.69 Å². The van der Waals surface area contributed by atoms with Crippen molar-refractivity contribution in [3.8, 4) is 11.5 Å². The molecular formula is C26H31N3O5. The van der Waals surface area contributed by atoms with E-state index in [0.717, 1.165) is 24.8 Å². The van der Waals surface area contributed by atoms with E-state index in [1.807, 2.05) is 17.6 Å². The number of nitrogens with zero attached hydrogens (tertiary/aromatic N) is 2. The molecule has 1 saturated carbocycles. The molecule has 0 spiro atoms. The molecule has 1 fully saturated rings. The number of methoxy groups -OCH3 is 2. The quantitative estimate of drug-likeness (QED) is 0.605. The minimum atomic E-state index is -1.16. The van der Waals surface area contributed by atoms with Gasteiger partial charge in [-0.05, 0) is 37.8 Å². The summed E-state index contributed by atoms with van der Waals surface area (Å²) >= 11 is 0. The first-order valence-corrected chi connectivity index (χ1v) is 11.8. The Kier molecular flexibility index (Phi) is 5.54. The van der Waals surface area contributed by atoms with Gasteiger partial charge in [0.2, 0.25) is 5.91 Å². The van der Waals surface area contributed by atoms with Crippen molar-refractivity contribution in [3.63, 3.8) is 0 Å². The molecular weight excluding hydrogens is 434 g/mol. The highest BCUT2D eigenvalue weighted by Crippen LogP contribution is 2.40. The van der Waals surface area contributed by atoms with Crippen molar-refractivity contribution in [2.75, 3.05) is 19.1 Å². The lowest BCUT2D eigenvalue weighted by atomic mass is 9.84. The number of amides is 2. The fraction of sp³-hybridized carbons (Fsp3) is 0.462. The summed E-state index contributed by atoms with van der Waals surface area (Å²) in [6, 6.07) is 8.96. The van der Waals surface area contributed by atoms with Crippen LogP contribution < -0.4 is 19.7 Å².